The number of rotatable bonds is 2. The molecule has 3 rings (SSSR count). The average molecular weight is 283 g/mol. The number of hydrogen-bond donors (Lipinski definition) is 0. The van der Waals surface area contributed by atoms with Crippen LogP contribution in [0.15, 0.2) is 41.0 Å². The Bertz CT molecular complexity index is 643. The maximum absolute atomic E-state index is 12.7. The van der Waals surface area contributed by atoms with E-state index in [1.807, 2.05) is 4.90 Å². The van der Waals surface area contributed by atoms with Crippen molar-refractivity contribution in [3.63, 3.8) is 0 Å². The molecule has 1 unspecified atom stereocenters. The molecule has 0 saturated heterocycles. The average Bonchev–Trinajstić information content (AvgIpc) is 2.99. The fraction of sp³-hybridized carbons (Fsp3) is 0.389. The van der Waals surface area contributed by atoms with Crippen molar-refractivity contribution in [1.29, 1.82) is 0 Å². The summed E-state index contributed by atoms with van der Waals surface area (Å²) in [6.45, 7) is 7.20. The standard InChI is InChI=1S/C18H21NO2/c1-12(2)17-15-7-6-13(3)11-14(15)8-9-19(17)18(20)16-5-4-10-21-16/h4-7,10-12,17H,8-9H2,1-3H3. The summed E-state index contributed by atoms with van der Waals surface area (Å²) in [5.74, 6) is 0.784. The summed E-state index contributed by atoms with van der Waals surface area (Å²) in [7, 11) is 0. The lowest BCUT2D eigenvalue weighted by Gasteiger charge is -2.39. The van der Waals surface area contributed by atoms with Crippen LogP contribution in [0.4, 0.5) is 0 Å². The van der Waals surface area contributed by atoms with Crippen molar-refractivity contribution in [2.24, 2.45) is 5.92 Å². The topological polar surface area (TPSA) is 33.5 Å². The van der Waals surface area contributed by atoms with Crippen LogP contribution in [0.5, 0.6) is 0 Å². The first kappa shape index (κ1) is 13.9. The number of hydrogen-bond acceptors (Lipinski definition) is 2. The van der Waals surface area contributed by atoms with Gasteiger partial charge in [0, 0.05) is 6.54 Å². The lowest BCUT2D eigenvalue weighted by molar-refractivity contribution is 0.0571. The van der Waals surface area contributed by atoms with E-state index in [0.29, 0.717) is 11.7 Å². The van der Waals surface area contributed by atoms with Crippen LogP contribution in [0.25, 0.3) is 0 Å². The summed E-state index contributed by atoms with van der Waals surface area (Å²) < 4.78 is 5.29. The van der Waals surface area contributed by atoms with E-state index in [4.69, 9.17) is 4.42 Å². The molecule has 0 bridgehead atoms. The van der Waals surface area contributed by atoms with Gasteiger partial charge in [0.15, 0.2) is 5.76 Å². The van der Waals surface area contributed by atoms with Crippen molar-refractivity contribution in [3.05, 3.63) is 59.0 Å². The van der Waals surface area contributed by atoms with Crippen LogP contribution >= 0.6 is 0 Å². The molecule has 1 aromatic heterocycles. The summed E-state index contributed by atoms with van der Waals surface area (Å²) >= 11 is 0. The van der Waals surface area contributed by atoms with Crippen molar-refractivity contribution in [2.75, 3.05) is 6.54 Å². The number of nitrogens with zero attached hydrogens (tertiary/aromatic N) is 1. The van der Waals surface area contributed by atoms with E-state index in [-0.39, 0.29) is 11.9 Å². The molecule has 1 aromatic carbocycles. The highest BCUT2D eigenvalue weighted by molar-refractivity contribution is 5.92. The molecule has 1 aliphatic heterocycles. The van der Waals surface area contributed by atoms with Gasteiger partial charge in [-0.3, -0.25) is 4.79 Å². The molecule has 1 amide bonds. The van der Waals surface area contributed by atoms with Crippen LogP contribution in [0.2, 0.25) is 0 Å². The summed E-state index contributed by atoms with van der Waals surface area (Å²) in [5, 5.41) is 0. The molecule has 0 spiro atoms. The van der Waals surface area contributed by atoms with Gasteiger partial charge in [-0.15, -0.1) is 0 Å². The second kappa shape index (κ2) is 5.40. The summed E-state index contributed by atoms with van der Waals surface area (Å²) in [5.41, 5.74) is 3.93. The molecular formula is C18H21NO2. The van der Waals surface area contributed by atoms with E-state index in [9.17, 15) is 4.79 Å². The molecule has 2 heterocycles. The smallest absolute Gasteiger partial charge is 0.290 e. The lowest BCUT2D eigenvalue weighted by atomic mass is 9.85. The van der Waals surface area contributed by atoms with E-state index >= 15 is 0 Å². The Morgan fingerprint density at radius 2 is 2.14 bits per heavy atom. The summed E-state index contributed by atoms with van der Waals surface area (Å²) in [6.07, 6.45) is 2.46. The lowest BCUT2D eigenvalue weighted by Crippen LogP contribution is -2.42. The van der Waals surface area contributed by atoms with Crippen molar-refractivity contribution >= 4 is 5.91 Å². The highest BCUT2D eigenvalue weighted by atomic mass is 16.3. The first-order valence-electron chi connectivity index (χ1n) is 7.52. The third-order valence-electron chi connectivity index (χ3n) is 4.20. The van der Waals surface area contributed by atoms with Gasteiger partial charge < -0.3 is 9.32 Å². The third kappa shape index (κ3) is 2.48. The summed E-state index contributed by atoms with van der Waals surface area (Å²) in [4.78, 5) is 14.6. The maximum atomic E-state index is 12.7. The zero-order valence-corrected chi connectivity index (χ0v) is 12.8. The first-order chi connectivity index (χ1) is 10.1. The molecule has 0 N–H and O–H groups in total. The SMILES string of the molecule is Cc1ccc2c(c1)CCN(C(=O)c1ccco1)C2C(C)C. The summed E-state index contributed by atoms with van der Waals surface area (Å²) in [6, 6.07) is 10.2. The minimum absolute atomic E-state index is 0.00933. The maximum Gasteiger partial charge on any atom is 0.290 e. The number of carbonyl (C=O) groups is 1. The molecule has 21 heavy (non-hydrogen) atoms. The molecule has 3 heteroatoms. The molecule has 0 aliphatic carbocycles. The Balaban J connectivity index is 1.99. The van der Waals surface area contributed by atoms with E-state index in [2.05, 4.69) is 39.0 Å². The molecule has 1 atom stereocenters. The van der Waals surface area contributed by atoms with Gasteiger partial charge in [0.25, 0.3) is 5.91 Å². The Morgan fingerprint density at radius 1 is 1.33 bits per heavy atom. The number of amides is 1. The normalized spacial score (nSPS) is 17.9. The minimum Gasteiger partial charge on any atom is -0.459 e. The fourth-order valence-electron chi connectivity index (χ4n) is 3.28. The van der Waals surface area contributed by atoms with E-state index < -0.39 is 0 Å². The molecular weight excluding hydrogens is 262 g/mol. The van der Waals surface area contributed by atoms with Gasteiger partial charge in [0.2, 0.25) is 0 Å². The highest BCUT2D eigenvalue weighted by Crippen LogP contribution is 2.36. The monoisotopic (exact) mass is 283 g/mol. The molecule has 0 fully saturated rings. The van der Waals surface area contributed by atoms with Crippen LogP contribution in [-0.2, 0) is 6.42 Å². The number of furan rings is 1. The second-order valence-corrected chi connectivity index (χ2v) is 6.12. The van der Waals surface area contributed by atoms with E-state index in [0.717, 1.165) is 13.0 Å². The Labute approximate surface area is 125 Å². The predicted octanol–water partition coefficient (Wildman–Crippen LogP) is 3.98. The third-order valence-corrected chi connectivity index (χ3v) is 4.20. The van der Waals surface area contributed by atoms with Crippen LogP contribution in [0.1, 0.15) is 47.1 Å². The van der Waals surface area contributed by atoms with Crippen LogP contribution in [0, 0.1) is 12.8 Å². The molecule has 3 nitrogen and oxygen atoms in total. The van der Waals surface area contributed by atoms with Crippen molar-refractivity contribution in [2.45, 2.75) is 33.2 Å². The molecule has 0 saturated carbocycles. The van der Waals surface area contributed by atoms with E-state index in [1.54, 1.807) is 18.4 Å². The van der Waals surface area contributed by atoms with Gasteiger partial charge in [0.05, 0.1) is 12.3 Å². The Morgan fingerprint density at radius 3 is 2.81 bits per heavy atom. The van der Waals surface area contributed by atoms with Crippen molar-refractivity contribution in [1.82, 2.24) is 4.90 Å². The van der Waals surface area contributed by atoms with Gasteiger partial charge in [0.1, 0.15) is 0 Å². The molecule has 1 aliphatic rings. The quantitative estimate of drug-likeness (QED) is 0.835. The Hall–Kier alpha value is -2.03. The fourth-order valence-corrected chi connectivity index (χ4v) is 3.28. The van der Waals surface area contributed by atoms with E-state index in [1.165, 1.54) is 16.7 Å². The van der Waals surface area contributed by atoms with Crippen molar-refractivity contribution < 1.29 is 9.21 Å². The van der Waals surface area contributed by atoms with Gasteiger partial charge >= 0.3 is 0 Å². The molecule has 2 aromatic rings. The van der Waals surface area contributed by atoms with Gasteiger partial charge in [-0.25, -0.2) is 0 Å². The largest absolute Gasteiger partial charge is 0.459 e. The molecule has 110 valence electrons. The Kier molecular flexibility index (Phi) is 3.58. The first-order valence-corrected chi connectivity index (χ1v) is 7.52. The van der Waals surface area contributed by atoms with Gasteiger partial charge in [-0.05, 0) is 42.5 Å². The number of fused-ring (bicyclic) bond motifs is 1. The highest BCUT2D eigenvalue weighted by Gasteiger charge is 2.34. The molecule has 0 radical (unpaired) electrons. The van der Waals surface area contributed by atoms with Crippen LogP contribution in [-0.4, -0.2) is 17.4 Å². The minimum atomic E-state index is -0.00933. The zero-order chi connectivity index (χ0) is 15.0. The van der Waals surface area contributed by atoms with Crippen LogP contribution in [0.3, 0.4) is 0 Å². The van der Waals surface area contributed by atoms with Crippen molar-refractivity contribution in [3.8, 4) is 0 Å². The zero-order valence-electron chi connectivity index (χ0n) is 12.8. The van der Waals surface area contributed by atoms with Crippen LogP contribution < -0.4 is 0 Å². The number of carbonyl (C=O) groups excluding carboxylic acids is 1. The van der Waals surface area contributed by atoms with Gasteiger partial charge in [-0.1, -0.05) is 37.6 Å². The second-order valence-electron chi connectivity index (χ2n) is 6.12. The predicted molar refractivity (Wildman–Crippen MR) is 82.2 cm³/mol. The van der Waals surface area contributed by atoms with Gasteiger partial charge in [-0.2, -0.15) is 0 Å². The number of benzene rings is 1. The number of aryl methyl sites for hydroxylation is 1.